The van der Waals surface area contributed by atoms with Gasteiger partial charge in [0.25, 0.3) is 6.33 Å². The van der Waals surface area contributed by atoms with Crippen LogP contribution in [-0.4, -0.2) is 18.7 Å². The molecule has 4 heterocycles. The van der Waals surface area contributed by atoms with E-state index in [4.69, 9.17) is 28.9 Å². The van der Waals surface area contributed by atoms with E-state index in [1.807, 2.05) is 41.0 Å². The van der Waals surface area contributed by atoms with E-state index in [1.54, 1.807) is 76.0 Å². The fraction of sp³-hybridized carbons (Fsp3) is 0.0476. The zero-order chi connectivity index (χ0) is 61.7. The topological polar surface area (TPSA) is 40.8 Å². The van der Waals surface area contributed by atoms with Gasteiger partial charge in [-0.25, -0.2) is 4.98 Å². The molecule has 0 radical (unpaired) electrons. The molecule has 0 saturated carbocycles. The summed E-state index contributed by atoms with van der Waals surface area (Å²) in [5, 5.41) is 1.01. The summed E-state index contributed by atoms with van der Waals surface area (Å²) in [7, 11) is 0. The Morgan fingerprint density at radius 3 is 1.88 bits per heavy atom. The lowest BCUT2D eigenvalue weighted by Gasteiger charge is -2.17. The van der Waals surface area contributed by atoms with Crippen molar-refractivity contribution >= 4 is 54.6 Å². The van der Waals surface area contributed by atoms with Crippen LogP contribution in [0.4, 0.5) is 0 Å². The van der Waals surface area contributed by atoms with E-state index in [0.717, 1.165) is 5.56 Å². The Labute approximate surface area is 425 Å². The minimum atomic E-state index is -0.625. The number of imidazole rings is 1. The molecule has 0 unspecified atom stereocenters. The number of ether oxygens (including phenoxy) is 1. The Bertz CT molecular complexity index is 4960. The van der Waals surface area contributed by atoms with E-state index in [1.165, 1.54) is 22.8 Å². The molecule has 0 spiro atoms. The summed E-state index contributed by atoms with van der Waals surface area (Å²) in [6, 6.07) is 23.4. The van der Waals surface area contributed by atoms with Crippen LogP contribution in [0.3, 0.4) is 0 Å². The Hall–Kier alpha value is -9.00. The van der Waals surface area contributed by atoms with Crippen LogP contribution >= 0.6 is 0 Å². The second-order valence-electron chi connectivity index (χ2n) is 16.6. The summed E-state index contributed by atoms with van der Waals surface area (Å²) < 4.78 is 174. The first kappa shape index (κ1) is 25.8. The third-order valence-electron chi connectivity index (χ3n) is 12.3. The minimum Gasteiger partial charge on any atom is -0.458 e. The van der Waals surface area contributed by atoms with Crippen molar-refractivity contribution in [3.8, 4) is 56.6 Å². The quantitative estimate of drug-likeness (QED) is 0.107. The molecule has 0 bridgehead atoms. The van der Waals surface area contributed by atoms with Crippen LogP contribution in [0, 0.1) is 6.33 Å². The summed E-state index contributed by atoms with van der Waals surface area (Å²) in [5.41, 5.74) is 3.48. The van der Waals surface area contributed by atoms with Gasteiger partial charge in [-0.1, -0.05) is 177 Å². The van der Waals surface area contributed by atoms with Gasteiger partial charge in [-0.2, -0.15) is 0 Å². The number of nitrogens with zero attached hydrogens (tertiary/aromatic N) is 5. The Balaban J connectivity index is 1.07. The molecule has 0 aliphatic heterocycles. The summed E-state index contributed by atoms with van der Waals surface area (Å²) in [4.78, 5) is 4.86. The largest absolute Gasteiger partial charge is 0.458 e. The Morgan fingerprint density at radius 2 is 1.17 bits per heavy atom. The monoisotopic (exact) mass is 905 g/mol. The molecule has 328 valence electrons. The molecule has 6 nitrogen and oxygen atoms in total. The van der Waals surface area contributed by atoms with Crippen molar-refractivity contribution in [1.82, 2.24) is 18.7 Å². The minimum absolute atomic E-state index is 0.0710. The van der Waals surface area contributed by atoms with Gasteiger partial charge in [0.1, 0.15) is 17.3 Å². The third-order valence-corrected chi connectivity index (χ3v) is 12.3. The number of hydrogen-bond acceptors (Lipinski definition) is 2. The van der Waals surface area contributed by atoms with Gasteiger partial charge in [-0.15, -0.1) is 0 Å². The maximum Gasteiger partial charge on any atom is 0.269 e. The second kappa shape index (κ2) is 16.4. The van der Waals surface area contributed by atoms with Crippen LogP contribution in [0.1, 0.15) is 50.0 Å². The van der Waals surface area contributed by atoms with Gasteiger partial charge in [-0.3, -0.25) is 13.7 Å². The summed E-state index contributed by atoms with van der Waals surface area (Å²) >= 11 is 0. The van der Waals surface area contributed by atoms with E-state index in [2.05, 4.69) is 20.2 Å². The van der Waals surface area contributed by atoms with Crippen molar-refractivity contribution in [2.75, 3.05) is 0 Å². The smallest absolute Gasteiger partial charge is 0.269 e. The van der Waals surface area contributed by atoms with Gasteiger partial charge in [0.05, 0.1) is 74.8 Å². The fourth-order valence-electron chi connectivity index (χ4n) is 9.30. The Kier molecular flexibility index (Phi) is 6.13. The van der Waals surface area contributed by atoms with Crippen molar-refractivity contribution in [3.05, 3.63) is 242 Å². The van der Waals surface area contributed by atoms with Crippen LogP contribution in [0.25, 0.3) is 99.8 Å². The molecule has 0 N–H and O–H groups in total. The SMILES string of the molecule is [2H]c1c([2H])c([2H])c(-c2cccc(-c3c([2H])c([2H])c([2H])c([2H])c3[2H])c2-[n+]2[c-]n(-c3cccc(Oc4cc(-n5c6c([2H])c([2H])c([2H])c([2H])c6c6c([2H])c([2H])c([2H])c([2H])c65)c5c6ccccc6n(-c6cc(C(C)C)ccn6)c5c4)c3)c3ccccc32)c([2H])c1[2H]. The standard InChI is InChI=1S/C63H45N5O/c1-42(2)45-35-36-64-61(37-45)68-56-32-14-11-27-53(56)62-59(67-54-30-12-9-25-51(54)52-26-10-13-31-55(52)67)39-48(40-60(62)68)69-47-24-17-23-46(38-47)65-41-66(58-34-16-15-33-57(58)65)63-49(43-19-5-3-6-20-43)28-18-29-50(63)44-21-7-4-8-22-44/h3-40,42H,1-2H3/i3D,4D,5D,6D,7D,8D,9D,10D,12D,13D,19D,20D,21D,22D,25D,26D,30D,31D. The highest BCUT2D eigenvalue weighted by Gasteiger charge is 2.23. The molecule has 0 fully saturated rings. The van der Waals surface area contributed by atoms with Crippen molar-refractivity contribution in [1.29, 1.82) is 0 Å². The second-order valence-corrected chi connectivity index (χ2v) is 16.6. The molecule has 6 heteroatoms. The molecule has 0 atom stereocenters. The number of fused-ring (bicyclic) bond motifs is 7. The van der Waals surface area contributed by atoms with E-state index in [9.17, 15) is 5.48 Å². The fourth-order valence-corrected chi connectivity index (χ4v) is 9.30. The van der Waals surface area contributed by atoms with Crippen LogP contribution in [0.2, 0.25) is 0 Å². The molecule has 4 aromatic heterocycles. The van der Waals surface area contributed by atoms with Crippen LogP contribution in [0.15, 0.2) is 230 Å². The molecule has 69 heavy (non-hydrogen) atoms. The highest BCUT2D eigenvalue weighted by Crippen LogP contribution is 2.43. The Morgan fingerprint density at radius 1 is 0.536 bits per heavy atom. The summed E-state index contributed by atoms with van der Waals surface area (Å²) in [6.07, 6.45) is 5.12. The molecule has 9 aromatic carbocycles. The number of para-hydroxylation sites is 6. The van der Waals surface area contributed by atoms with E-state index < -0.39 is 109 Å². The van der Waals surface area contributed by atoms with Crippen LogP contribution < -0.4 is 9.30 Å². The highest BCUT2D eigenvalue weighted by atomic mass is 16.5. The van der Waals surface area contributed by atoms with Gasteiger partial charge in [0.15, 0.2) is 0 Å². The van der Waals surface area contributed by atoms with Crippen molar-refractivity contribution in [2.24, 2.45) is 0 Å². The molecular weight excluding hydrogens is 843 g/mol. The number of pyridine rings is 1. The normalized spacial score (nSPS) is 15.4. The van der Waals surface area contributed by atoms with Gasteiger partial charge in [0.2, 0.25) is 0 Å². The van der Waals surface area contributed by atoms with Crippen molar-refractivity contribution in [2.45, 2.75) is 19.8 Å². The number of hydrogen-bond donors (Lipinski definition) is 0. The zero-order valence-electron chi connectivity index (χ0n) is 54.8. The maximum absolute atomic E-state index is 9.46. The molecule has 0 aliphatic carbocycles. The number of rotatable bonds is 9. The summed E-state index contributed by atoms with van der Waals surface area (Å²) in [5.74, 6) is 1.08. The van der Waals surface area contributed by atoms with Gasteiger partial charge < -0.3 is 9.30 Å². The lowest BCUT2D eigenvalue weighted by Crippen LogP contribution is -2.31. The van der Waals surface area contributed by atoms with Gasteiger partial charge in [-0.05, 0) is 82.2 Å². The molecule has 0 saturated heterocycles. The molecule has 13 aromatic rings. The average Bonchev–Trinajstić information content (AvgIpc) is 1.57. The predicted molar refractivity (Wildman–Crippen MR) is 282 cm³/mol. The predicted octanol–water partition coefficient (Wildman–Crippen LogP) is 15.5. The molecule has 0 aliphatic rings. The van der Waals surface area contributed by atoms with E-state index >= 15 is 0 Å². The van der Waals surface area contributed by atoms with Crippen molar-refractivity contribution < 1.29 is 34.0 Å². The number of aromatic nitrogens is 5. The average molecular weight is 906 g/mol. The first-order valence-corrected chi connectivity index (χ1v) is 22.1. The first-order chi connectivity index (χ1) is 41.5. The maximum atomic E-state index is 9.46. The van der Waals surface area contributed by atoms with Gasteiger partial charge >= 0.3 is 0 Å². The molecular formula is C63H45N5O. The van der Waals surface area contributed by atoms with E-state index in [-0.39, 0.29) is 72.9 Å². The van der Waals surface area contributed by atoms with Crippen LogP contribution in [-0.2, 0) is 0 Å². The molecule has 13 rings (SSSR count). The first-order valence-electron chi connectivity index (χ1n) is 31.1. The zero-order valence-corrected chi connectivity index (χ0v) is 36.8. The lowest BCUT2D eigenvalue weighted by molar-refractivity contribution is -0.571. The third kappa shape index (κ3) is 6.71. The van der Waals surface area contributed by atoms with E-state index in [0.29, 0.717) is 44.3 Å². The highest BCUT2D eigenvalue weighted by molar-refractivity contribution is 6.16. The molecule has 0 amide bonds. The number of benzene rings is 9. The lowest BCUT2D eigenvalue weighted by atomic mass is 9.95. The summed E-state index contributed by atoms with van der Waals surface area (Å²) in [6.45, 7) is 4.13. The van der Waals surface area contributed by atoms with Gasteiger partial charge in [0, 0.05) is 39.9 Å². The van der Waals surface area contributed by atoms with Crippen LogP contribution in [0.5, 0.6) is 11.5 Å². The van der Waals surface area contributed by atoms with Crippen molar-refractivity contribution in [3.63, 3.8) is 0 Å².